The van der Waals surface area contributed by atoms with Gasteiger partial charge in [-0.1, -0.05) is 0 Å². The highest BCUT2D eigenvalue weighted by molar-refractivity contribution is 5.94. The van der Waals surface area contributed by atoms with Crippen molar-refractivity contribution in [3.8, 4) is 0 Å². The summed E-state index contributed by atoms with van der Waals surface area (Å²) in [6, 6.07) is 0.998. The molecule has 0 fully saturated rings. The van der Waals surface area contributed by atoms with E-state index in [9.17, 15) is 9.59 Å². The fraction of sp³-hybridized carbons (Fsp3) is 0.400. The van der Waals surface area contributed by atoms with Crippen molar-refractivity contribution in [2.24, 2.45) is 12.8 Å². The van der Waals surface area contributed by atoms with Gasteiger partial charge in [-0.15, -0.1) is 12.4 Å². The number of aryl methyl sites for hydroxylation is 2. The fourth-order valence-electron chi connectivity index (χ4n) is 1.22. The highest BCUT2D eigenvalue weighted by atomic mass is 35.5. The van der Waals surface area contributed by atoms with Gasteiger partial charge in [0.2, 0.25) is 5.91 Å². The number of carbonyl (C=O) groups excluding carboxylic acids is 1. The Balaban J connectivity index is 0.00000225. The first-order valence-corrected chi connectivity index (χ1v) is 4.65. The number of aromatic nitrogens is 1. The van der Waals surface area contributed by atoms with Crippen molar-refractivity contribution in [3.05, 3.63) is 28.2 Å². The lowest BCUT2D eigenvalue weighted by atomic mass is 10.2. The molecule has 1 heterocycles. The van der Waals surface area contributed by atoms with Crippen molar-refractivity contribution in [2.45, 2.75) is 19.9 Å². The Bertz CT molecular complexity index is 440. The van der Waals surface area contributed by atoms with Crippen molar-refractivity contribution >= 4 is 24.0 Å². The first kappa shape index (κ1) is 14.7. The molecule has 1 unspecified atom stereocenters. The van der Waals surface area contributed by atoms with Gasteiger partial charge in [0, 0.05) is 13.2 Å². The van der Waals surface area contributed by atoms with Crippen molar-refractivity contribution in [2.75, 3.05) is 5.32 Å². The fourth-order valence-corrected chi connectivity index (χ4v) is 1.22. The molecule has 0 saturated carbocycles. The summed E-state index contributed by atoms with van der Waals surface area (Å²) in [5.74, 6) is -0.363. The number of pyridine rings is 1. The zero-order valence-electron chi connectivity index (χ0n) is 9.48. The van der Waals surface area contributed by atoms with Gasteiger partial charge in [-0.3, -0.25) is 9.59 Å². The molecule has 0 aliphatic heterocycles. The Morgan fingerprint density at radius 3 is 2.62 bits per heavy atom. The predicted molar refractivity (Wildman–Crippen MR) is 65.9 cm³/mol. The summed E-state index contributed by atoms with van der Waals surface area (Å²) < 4.78 is 1.42. The Labute approximate surface area is 100 Å². The zero-order chi connectivity index (χ0) is 11.6. The largest absolute Gasteiger partial charge is 0.320 e. The first-order valence-electron chi connectivity index (χ1n) is 4.65. The molecule has 6 heteroatoms. The molecule has 0 aliphatic carbocycles. The number of rotatable bonds is 2. The third-order valence-electron chi connectivity index (χ3n) is 1.99. The summed E-state index contributed by atoms with van der Waals surface area (Å²) in [6.45, 7) is 3.41. The van der Waals surface area contributed by atoms with Crippen LogP contribution in [0.25, 0.3) is 0 Å². The summed E-state index contributed by atoms with van der Waals surface area (Å²) >= 11 is 0. The third-order valence-corrected chi connectivity index (χ3v) is 1.99. The van der Waals surface area contributed by atoms with E-state index in [1.165, 1.54) is 4.57 Å². The smallest absolute Gasteiger partial charge is 0.274 e. The molecule has 1 aromatic heterocycles. The maximum absolute atomic E-state index is 11.6. The molecule has 5 nitrogen and oxygen atoms in total. The van der Waals surface area contributed by atoms with E-state index in [1.807, 2.05) is 6.92 Å². The molecule has 1 rings (SSSR count). The average molecular weight is 246 g/mol. The second-order valence-electron chi connectivity index (χ2n) is 3.63. The first-order chi connectivity index (χ1) is 6.91. The summed E-state index contributed by atoms with van der Waals surface area (Å²) in [7, 11) is 1.64. The molecular formula is C10H16ClN3O2. The lowest BCUT2D eigenvalue weighted by Gasteiger charge is -2.09. The predicted octanol–water partition coefficient (Wildman–Crippen LogP) is 0.401. The van der Waals surface area contributed by atoms with Crippen LogP contribution in [-0.2, 0) is 11.8 Å². The lowest BCUT2D eigenvalue weighted by molar-refractivity contribution is -0.117. The van der Waals surface area contributed by atoms with Crippen LogP contribution in [0.1, 0.15) is 12.5 Å². The number of amides is 1. The molecule has 1 aromatic rings. The van der Waals surface area contributed by atoms with E-state index in [0.717, 1.165) is 5.56 Å². The van der Waals surface area contributed by atoms with Crippen LogP contribution < -0.4 is 16.6 Å². The molecule has 0 aromatic carbocycles. The topological polar surface area (TPSA) is 77.1 Å². The third kappa shape index (κ3) is 3.36. The second kappa shape index (κ2) is 5.67. The van der Waals surface area contributed by atoms with E-state index in [4.69, 9.17) is 5.73 Å². The summed E-state index contributed by atoms with van der Waals surface area (Å²) in [4.78, 5) is 22.9. The summed E-state index contributed by atoms with van der Waals surface area (Å²) in [5, 5.41) is 2.49. The van der Waals surface area contributed by atoms with Crippen molar-refractivity contribution in [1.82, 2.24) is 4.57 Å². The number of nitrogens with two attached hydrogens (primary N) is 1. The van der Waals surface area contributed by atoms with Gasteiger partial charge >= 0.3 is 0 Å². The van der Waals surface area contributed by atoms with E-state index < -0.39 is 6.04 Å². The van der Waals surface area contributed by atoms with Crippen LogP contribution in [0.4, 0.5) is 5.69 Å². The monoisotopic (exact) mass is 245 g/mol. The standard InChI is InChI=1S/C10H15N3O2.ClH/c1-6-4-8(10(15)13(3)5-6)12-9(14)7(2)11;/h4-5,7H,11H2,1-3H3,(H,12,14);1H. The van der Waals surface area contributed by atoms with E-state index in [0.29, 0.717) is 0 Å². The summed E-state index contributed by atoms with van der Waals surface area (Å²) in [5.41, 5.74) is 6.31. The summed E-state index contributed by atoms with van der Waals surface area (Å²) in [6.07, 6.45) is 1.70. The molecule has 0 aliphatic rings. The van der Waals surface area contributed by atoms with Gasteiger partial charge in [-0.2, -0.15) is 0 Å². The van der Waals surface area contributed by atoms with Gasteiger partial charge in [-0.05, 0) is 25.5 Å². The molecule has 90 valence electrons. The molecule has 0 radical (unpaired) electrons. The van der Waals surface area contributed by atoms with E-state index in [2.05, 4.69) is 5.32 Å². The maximum Gasteiger partial charge on any atom is 0.274 e. The van der Waals surface area contributed by atoms with Crippen molar-refractivity contribution < 1.29 is 4.79 Å². The van der Waals surface area contributed by atoms with Gasteiger partial charge in [0.15, 0.2) is 0 Å². The van der Waals surface area contributed by atoms with Crippen LogP contribution in [0.5, 0.6) is 0 Å². The Kier molecular flexibility index (Phi) is 5.20. The SMILES string of the molecule is Cc1cc(NC(=O)C(C)N)c(=O)n(C)c1.Cl. The van der Waals surface area contributed by atoms with Gasteiger partial charge in [0.05, 0.1) is 6.04 Å². The number of halogens is 1. The van der Waals surface area contributed by atoms with Gasteiger partial charge in [0.25, 0.3) is 5.56 Å². The van der Waals surface area contributed by atoms with Gasteiger partial charge in [-0.25, -0.2) is 0 Å². The van der Waals surface area contributed by atoms with E-state index in [1.54, 1.807) is 26.2 Å². The average Bonchev–Trinajstić information content (AvgIpc) is 2.13. The molecule has 0 saturated heterocycles. The minimum absolute atomic E-state index is 0. The number of hydrogen-bond acceptors (Lipinski definition) is 3. The Morgan fingerprint density at radius 2 is 2.12 bits per heavy atom. The minimum atomic E-state index is -0.629. The molecule has 3 N–H and O–H groups in total. The number of nitrogens with one attached hydrogen (secondary N) is 1. The normalized spacial score (nSPS) is 11.5. The lowest BCUT2D eigenvalue weighted by Crippen LogP contribution is -2.35. The molecule has 16 heavy (non-hydrogen) atoms. The second-order valence-corrected chi connectivity index (χ2v) is 3.63. The number of anilines is 1. The highest BCUT2D eigenvalue weighted by Crippen LogP contribution is 2.03. The minimum Gasteiger partial charge on any atom is -0.320 e. The number of hydrogen-bond donors (Lipinski definition) is 2. The van der Waals surface area contributed by atoms with Crippen molar-refractivity contribution in [3.63, 3.8) is 0 Å². The maximum atomic E-state index is 11.6. The molecule has 1 amide bonds. The van der Waals surface area contributed by atoms with Gasteiger partial charge < -0.3 is 15.6 Å². The Morgan fingerprint density at radius 1 is 1.56 bits per heavy atom. The zero-order valence-corrected chi connectivity index (χ0v) is 10.3. The van der Waals surface area contributed by atoms with E-state index in [-0.39, 0.29) is 29.6 Å². The highest BCUT2D eigenvalue weighted by Gasteiger charge is 2.10. The van der Waals surface area contributed by atoms with Crippen LogP contribution in [0.15, 0.2) is 17.1 Å². The Hall–Kier alpha value is -1.33. The van der Waals surface area contributed by atoms with Gasteiger partial charge in [0.1, 0.15) is 5.69 Å². The molecule has 0 bridgehead atoms. The van der Waals surface area contributed by atoms with Crippen LogP contribution in [0.2, 0.25) is 0 Å². The molecule has 0 spiro atoms. The van der Waals surface area contributed by atoms with Crippen LogP contribution in [0, 0.1) is 6.92 Å². The van der Waals surface area contributed by atoms with Crippen molar-refractivity contribution in [1.29, 1.82) is 0 Å². The van der Waals surface area contributed by atoms with Crippen LogP contribution >= 0.6 is 12.4 Å². The van der Waals surface area contributed by atoms with Crippen LogP contribution in [-0.4, -0.2) is 16.5 Å². The van der Waals surface area contributed by atoms with Crippen LogP contribution in [0.3, 0.4) is 0 Å². The number of nitrogens with zero attached hydrogens (tertiary/aromatic N) is 1. The van der Waals surface area contributed by atoms with E-state index >= 15 is 0 Å². The number of carbonyl (C=O) groups is 1. The quantitative estimate of drug-likeness (QED) is 0.792. The molecule has 1 atom stereocenters. The molecular weight excluding hydrogens is 230 g/mol.